The average molecular weight is 469 g/mol. The standard InChI is InChI=1S/C28H34O6/c1-31-25-12-10-23(16-28(25)33-3)24(18-30)14-22(17-29)13-21-9-11-26(27(15-21)32-2)34-19-20-7-5-4-6-8-20/h4-12,15-16,22,24,29-30H,13-14,17-19H2,1-3H3/t22-,24?/m1/s1/i29T. The molecule has 0 amide bonds. The molecule has 0 saturated heterocycles. The lowest BCUT2D eigenvalue weighted by atomic mass is 9.86. The van der Waals surface area contributed by atoms with Gasteiger partial charge in [0.1, 0.15) is 6.61 Å². The molecule has 6 heteroatoms. The molecule has 34 heavy (non-hydrogen) atoms. The molecular formula is C28H34O6. The molecule has 182 valence electrons. The van der Waals surface area contributed by atoms with E-state index in [9.17, 15) is 5.11 Å². The molecule has 0 bridgehead atoms. The highest BCUT2D eigenvalue weighted by molar-refractivity contribution is 5.44. The molecule has 0 fully saturated rings. The van der Waals surface area contributed by atoms with Crippen LogP contribution >= 0.6 is 0 Å². The molecule has 2 atom stereocenters. The number of hydrogen-bond donors (Lipinski definition) is 2. The number of aliphatic hydroxyl groups is 2. The minimum Gasteiger partial charge on any atom is -0.493 e. The van der Waals surface area contributed by atoms with E-state index in [2.05, 4.69) is 0 Å². The predicted molar refractivity (Wildman–Crippen MR) is 132 cm³/mol. The SMILES string of the molecule is [3H]OC[C@H](Cc1ccc(OCc2ccccc2)c(OC)c1)CC(CO)c1ccc(OC)c(OC)c1. The summed E-state index contributed by atoms with van der Waals surface area (Å²) in [4.78, 5) is 0. The summed E-state index contributed by atoms with van der Waals surface area (Å²) in [6, 6.07) is 21.5. The summed E-state index contributed by atoms with van der Waals surface area (Å²) in [5.74, 6) is 2.46. The van der Waals surface area contributed by atoms with Crippen molar-refractivity contribution >= 4 is 0 Å². The van der Waals surface area contributed by atoms with Crippen molar-refractivity contribution < 1.29 is 29.2 Å². The lowest BCUT2D eigenvalue weighted by molar-refractivity contribution is 0.186. The van der Waals surface area contributed by atoms with Crippen LogP contribution in [0.3, 0.4) is 0 Å². The first-order valence-corrected chi connectivity index (χ1v) is 11.4. The minimum atomic E-state index is -0.134. The Labute approximate surface area is 203 Å². The van der Waals surface area contributed by atoms with E-state index in [0.29, 0.717) is 42.4 Å². The lowest BCUT2D eigenvalue weighted by Gasteiger charge is -2.22. The molecule has 0 aliphatic rings. The molecular weight excluding hydrogens is 432 g/mol. The molecule has 0 aliphatic carbocycles. The van der Waals surface area contributed by atoms with Crippen molar-refractivity contribution in [2.45, 2.75) is 25.4 Å². The zero-order chi connectivity index (χ0) is 25.0. The fourth-order valence-corrected chi connectivity index (χ4v) is 4.06. The molecule has 2 N–H and O–H groups in total. The van der Waals surface area contributed by atoms with Gasteiger partial charge in [-0.25, -0.2) is 0 Å². The largest absolute Gasteiger partial charge is 0.493 e. The number of hydrogen-bond acceptors (Lipinski definition) is 6. The molecule has 0 spiro atoms. The van der Waals surface area contributed by atoms with Gasteiger partial charge in [0, 0.05) is 19.1 Å². The third-order valence-corrected chi connectivity index (χ3v) is 5.94. The van der Waals surface area contributed by atoms with E-state index in [0.717, 1.165) is 16.7 Å². The van der Waals surface area contributed by atoms with Gasteiger partial charge in [0.15, 0.2) is 23.0 Å². The van der Waals surface area contributed by atoms with Crippen molar-refractivity contribution in [3.63, 3.8) is 0 Å². The van der Waals surface area contributed by atoms with E-state index < -0.39 is 0 Å². The van der Waals surface area contributed by atoms with Gasteiger partial charge in [0.2, 0.25) is 1.43 Å². The van der Waals surface area contributed by atoms with Crippen LogP contribution in [-0.4, -0.2) is 46.2 Å². The summed E-state index contributed by atoms with van der Waals surface area (Å²) in [5.41, 5.74) is 3.07. The summed E-state index contributed by atoms with van der Waals surface area (Å²) in [5, 5.41) is 14.9. The van der Waals surface area contributed by atoms with Crippen LogP contribution in [-0.2, 0) is 13.0 Å². The van der Waals surface area contributed by atoms with Crippen molar-refractivity contribution in [1.29, 1.82) is 1.43 Å². The van der Waals surface area contributed by atoms with Crippen molar-refractivity contribution in [2.75, 3.05) is 34.5 Å². The van der Waals surface area contributed by atoms with Crippen LogP contribution in [0.15, 0.2) is 66.7 Å². The summed E-state index contributed by atoms with van der Waals surface area (Å²) in [6.45, 7) is 0.674. The molecule has 3 aromatic rings. The summed E-state index contributed by atoms with van der Waals surface area (Å²) < 4.78 is 29.6. The second-order valence-electron chi connectivity index (χ2n) is 8.23. The molecule has 0 radical (unpaired) electrons. The fraction of sp³-hybridized carbons (Fsp3) is 0.357. The summed E-state index contributed by atoms with van der Waals surface area (Å²) in [6.07, 6.45) is 1.30. The average Bonchev–Trinajstić information content (AvgIpc) is 2.91. The minimum absolute atomic E-state index is 0.0125. The zero-order valence-electron chi connectivity index (χ0n) is 21.0. The maximum absolute atomic E-state index is 10.1. The van der Waals surface area contributed by atoms with Crippen LogP contribution in [0.4, 0.5) is 0 Å². The van der Waals surface area contributed by atoms with E-state index in [1.807, 2.05) is 66.7 Å². The molecule has 6 nitrogen and oxygen atoms in total. The van der Waals surface area contributed by atoms with Crippen LogP contribution in [0, 0.1) is 5.92 Å². The first kappa shape index (κ1) is 23.9. The Morgan fingerprint density at radius 3 is 2.15 bits per heavy atom. The van der Waals surface area contributed by atoms with Crippen molar-refractivity contribution in [1.82, 2.24) is 0 Å². The van der Waals surface area contributed by atoms with Gasteiger partial charge in [0.25, 0.3) is 0 Å². The smallest absolute Gasteiger partial charge is 0.210 e. The van der Waals surface area contributed by atoms with E-state index in [1.54, 1.807) is 21.3 Å². The van der Waals surface area contributed by atoms with E-state index in [4.69, 9.17) is 25.5 Å². The molecule has 3 aromatic carbocycles. The van der Waals surface area contributed by atoms with Gasteiger partial charge in [-0.15, -0.1) is 0 Å². The molecule has 0 aromatic heterocycles. The maximum Gasteiger partial charge on any atom is 0.210 e. The maximum atomic E-state index is 10.1. The fourth-order valence-electron chi connectivity index (χ4n) is 4.06. The number of aliphatic hydroxyl groups excluding tert-OH is 2. The van der Waals surface area contributed by atoms with Crippen molar-refractivity contribution in [3.8, 4) is 23.0 Å². The lowest BCUT2D eigenvalue weighted by Crippen LogP contribution is -2.17. The summed E-state index contributed by atoms with van der Waals surface area (Å²) in [7, 11) is 4.81. The molecule has 1 unspecified atom stereocenters. The van der Waals surface area contributed by atoms with Crippen LogP contribution in [0.25, 0.3) is 0 Å². The van der Waals surface area contributed by atoms with Gasteiger partial charge in [-0.2, -0.15) is 0 Å². The Hall–Kier alpha value is -3.22. The summed E-state index contributed by atoms with van der Waals surface area (Å²) >= 11 is 0. The Balaban J connectivity index is 1.71. The van der Waals surface area contributed by atoms with Gasteiger partial charge in [-0.3, -0.25) is 0 Å². The van der Waals surface area contributed by atoms with Gasteiger partial charge >= 0.3 is 0 Å². The normalized spacial score (nSPS) is 13.0. The first-order chi connectivity index (χ1) is 17.1. The van der Waals surface area contributed by atoms with Gasteiger partial charge in [-0.1, -0.05) is 42.5 Å². The molecule has 0 aliphatic heterocycles. The van der Waals surface area contributed by atoms with Crippen LogP contribution in [0.2, 0.25) is 0 Å². The van der Waals surface area contributed by atoms with Crippen molar-refractivity contribution in [3.05, 3.63) is 83.4 Å². The highest BCUT2D eigenvalue weighted by Gasteiger charge is 2.20. The number of ether oxygens (including phenoxy) is 4. The Kier molecular flexibility index (Phi) is 9.05. The van der Waals surface area contributed by atoms with Crippen LogP contribution in [0.5, 0.6) is 23.0 Å². The number of benzene rings is 3. The van der Waals surface area contributed by atoms with Crippen LogP contribution in [0.1, 0.15) is 29.0 Å². The quantitative estimate of drug-likeness (QED) is 0.360. The van der Waals surface area contributed by atoms with Gasteiger partial charge in [-0.05, 0) is 59.7 Å². The van der Waals surface area contributed by atoms with Crippen LogP contribution < -0.4 is 18.9 Å². The molecule has 0 saturated carbocycles. The highest BCUT2D eigenvalue weighted by atomic mass is 16.5. The predicted octanol–water partition coefficient (Wildman–Crippen LogP) is 4.61. The third-order valence-electron chi connectivity index (χ3n) is 5.94. The van der Waals surface area contributed by atoms with Gasteiger partial charge < -0.3 is 29.2 Å². The monoisotopic (exact) mass is 468 g/mol. The van der Waals surface area contributed by atoms with Crippen molar-refractivity contribution in [2.24, 2.45) is 5.92 Å². The number of rotatable bonds is 14. The zero-order valence-corrected chi connectivity index (χ0v) is 20.0. The Morgan fingerprint density at radius 2 is 1.47 bits per heavy atom. The molecule has 3 rings (SSSR count). The number of methoxy groups -OCH3 is 3. The first-order valence-electron chi connectivity index (χ1n) is 11.8. The Morgan fingerprint density at radius 1 is 0.765 bits per heavy atom. The third kappa shape index (κ3) is 6.65. The molecule has 0 heterocycles. The van der Waals surface area contributed by atoms with Gasteiger partial charge in [0.05, 0.1) is 21.3 Å². The second-order valence-corrected chi connectivity index (χ2v) is 8.23. The van der Waals surface area contributed by atoms with E-state index >= 15 is 0 Å². The van der Waals surface area contributed by atoms with E-state index in [-0.39, 0.29) is 25.0 Å². The van der Waals surface area contributed by atoms with E-state index in [1.165, 1.54) is 0 Å². The Bertz CT molecular complexity index is 1040. The topological polar surface area (TPSA) is 77.4 Å². The highest BCUT2D eigenvalue weighted by Crippen LogP contribution is 2.34. The second kappa shape index (κ2) is 12.9.